The average molecular weight is 777 g/mol. The van der Waals surface area contributed by atoms with E-state index in [4.69, 9.17) is 23.7 Å². The van der Waals surface area contributed by atoms with E-state index in [0.29, 0.717) is 47.5 Å². The van der Waals surface area contributed by atoms with E-state index in [1.165, 1.54) is 17.2 Å². The molecular weight excluding hydrogens is 729 g/mol. The van der Waals surface area contributed by atoms with Crippen LogP contribution in [0.1, 0.15) is 87.8 Å². The van der Waals surface area contributed by atoms with Crippen LogP contribution in [-0.4, -0.2) is 91.6 Å². The Balaban J connectivity index is 1.22. The topological polar surface area (TPSA) is 191 Å². The van der Waals surface area contributed by atoms with Gasteiger partial charge in [0.05, 0.1) is 36.7 Å². The van der Waals surface area contributed by atoms with Crippen LogP contribution in [0.15, 0.2) is 47.1 Å². The maximum Gasteiger partial charge on any atom is 0.290 e. The van der Waals surface area contributed by atoms with Crippen LogP contribution < -0.4 is 29.6 Å². The third-order valence-electron chi connectivity index (χ3n) is 10.6. The average Bonchev–Trinajstić information content (AvgIpc) is 4.00. The third kappa shape index (κ3) is 8.33. The van der Waals surface area contributed by atoms with Gasteiger partial charge in [0, 0.05) is 35.4 Å². The summed E-state index contributed by atoms with van der Waals surface area (Å²) in [5.41, 5.74) is 0.0957. The van der Waals surface area contributed by atoms with Crippen LogP contribution in [0.5, 0.6) is 17.4 Å². The number of allylic oxidation sites excluding steroid dienone is 1. The van der Waals surface area contributed by atoms with E-state index in [1.54, 1.807) is 13.2 Å². The summed E-state index contributed by atoms with van der Waals surface area (Å²) in [4.78, 5) is 62.2. The van der Waals surface area contributed by atoms with Crippen molar-refractivity contribution in [2.24, 2.45) is 5.92 Å². The lowest BCUT2D eigenvalue weighted by atomic mass is 10.0. The molecule has 0 bridgehead atoms. The van der Waals surface area contributed by atoms with Crippen LogP contribution in [0.25, 0.3) is 10.9 Å². The summed E-state index contributed by atoms with van der Waals surface area (Å²) in [5.74, 6) is -1.01. The molecular formula is C39H48N6O9S. The molecule has 6 unspecified atom stereocenters. The Labute approximate surface area is 321 Å². The zero-order valence-corrected chi connectivity index (χ0v) is 32.3. The second-order valence-electron chi connectivity index (χ2n) is 15.1. The van der Waals surface area contributed by atoms with Crippen LogP contribution in [-0.2, 0) is 25.4 Å². The Morgan fingerprint density at radius 1 is 1.11 bits per heavy atom. The summed E-state index contributed by atoms with van der Waals surface area (Å²) in [5, 5.41) is 10.0. The summed E-state index contributed by atoms with van der Waals surface area (Å²) < 4.78 is 38.7. The highest BCUT2D eigenvalue weighted by molar-refractivity contribution is 7.84. The molecule has 4 heterocycles. The molecule has 1 aromatic carbocycles. The summed E-state index contributed by atoms with van der Waals surface area (Å²) >= 11 is 0. The molecule has 294 valence electrons. The van der Waals surface area contributed by atoms with Gasteiger partial charge in [-0.15, -0.1) is 0 Å². The number of aromatic nitrogens is 2. The van der Waals surface area contributed by atoms with Gasteiger partial charge in [-0.3, -0.25) is 23.9 Å². The number of hydrogen-bond donors (Lipinski definition) is 3. The van der Waals surface area contributed by atoms with E-state index < -0.39 is 58.3 Å². The van der Waals surface area contributed by atoms with Crippen molar-refractivity contribution in [1.29, 1.82) is 0 Å². The fourth-order valence-corrected chi connectivity index (χ4v) is 8.53. The molecule has 2 aliphatic heterocycles. The summed E-state index contributed by atoms with van der Waals surface area (Å²) in [6.07, 6.45) is 9.75. The summed E-state index contributed by atoms with van der Waals surface area (Å²) in [6.45, 7) is 5.70. The second-order valence-corrected chi connectivity index (χ2v) is 16.5. The first-order valence-electron chi connectivity index (χ1n) is 19.0. The minimum Gasteiger partial charge on any atom is -0.496 e. The zero-order chi connectivity index (χ0) is 38.9. The Bertz CT molecular complexity index is 2000. The van der Waals surface area contributed by atoms with Crippen molar-refractivity contribution < 1.29 is 42.1 Å². The van der Waals surface area contributed by atoms with Crippen molar-refractivity contribution in [3.63, 3.8) is 0 Å². The molecule has 2 aliphatic carbocycles. The van der Waals surface area contributed by atoms with Crippen molar-refractivity contribution in [1.82, 2.24) is 30.4 Å². The standard InChI is InChI=1S/C39H48N6O9S/c1-22(2)52-33-19-32(27-14-15-30(51-4)23(3)34(27)42-33)53-25-18-29-35(46)43-39(38(49)44-55(50)26-12-13-26)20-24(39)10-8-6-5-7-9-11-28(37(48)45(29)21-25)41-36(47)31-16-17-40-54-31/h8,10,14-17,19,22,24-26,28-29H,5-7,9,11-13,18,20-21H2,1-4H3,(H,41,47)(H,43,46)(H,44,49). The number of aryl methyl sites for hydroxylation is 1. The minimum absolute atomic E-state index is 0.0130. The van der Waals surface area contributed by atoms with E-state index in [2.05, 4.69) is 20.5 Å². The Morgan fingerprint density at radius 2 is 1.93 bits per heavy atom. The maximum atomic E-state index is 14.6. The van der Waals surface area contributed by atoms with Crippen LogP contribution >= 0.6 is 0 Å². The lowest BCUT2D eigenvalue weighted by Gasteiger charge is -2.29. The molecule has 2 saturated carbocycles. The van der Waals surface area contributed by atoms with Gasteiger partial charge in [-0.1, -0.05) is 30.2 Å². The molecule has 4 amide bonds. The number of nitrogens with one attached hydrogen (secondary N) is 3. The number of nitrogens with zero attached hydrogens (tertiary/aromatic N) is 3. The number of pyridine rings is 1. The minimum atomic E-state index is -1.55. The summed E-state index contributed by atoms with van der Waals surface area (Å²) in [6, 6.07) is 4.74. The van der Waals surface area contributed by atoms with Gasteiger partial charge in [0.1, 0.15) is 46.2 Å². The SMILES string of the molecule is COc1ccc2c(OC3CC4C(=O)NC5(C(=O)NS(=O)C6CC6)CC5C=CCCCCCC(NC(=O)c5ccno5)C(=O)N4C3)cc(OC(C)C)nc2c1C. The molecule has 1 saturated heterocycles. The maximum absolute atomic E-state index is 14.6. The Morgan fingerprint density at radius 3 is 2.65 bits per heavy atom. The molecule has 2 aromatic heterocycles. The van der Waals surface area contributed by atoms with Gasteiger partial charge in [-0.05, 0) is 71.4 Å². The van der Waals surface area contributed by atoms with Crippen molar-refractivity contribution in [3.8, 4) is 17.4 Å². The highest BCUT2D eigenvalue weighted by Gasteiger charge is 2.61. The number of benzene rings is 1. The molecule has 7 rings (SSSR count). The molecule has 0 radical (unpaired) electrons. The van der Waals surface area contributed by atoms with Gasteiger partial charge in [-0.25, -0.2) is 9.19 Å². The first-order chi connectivity index (χ1) is 26.5. The number of methoxy groups -OCH3 is 1. The van der Waals surface area contributed by atoms with E-state index in [-0.39, 0.29) is 36.0 Å². The van der Waals surface area contributed by atoms with Gasteiger partial charge >= 0.3 is 0 Å². The molecule has 4 aliphatic rings. The smallest absolute Gasteiger partial charge is 0.290 e. The third-order valence-corrected chi connectivity index (χ3v) is 12.1. The number of ether oxygens (including phenoxy) is 3. The molecule has 3 aromatic rings. The van der Waals surface area contributed by atoms with Crippen molar-refractivity contribution >= 4 is 45.5 Å². The first kappa shape index (κ1) is 38.3. The summed E-state index contributed by atoms with van der Waals surface area (Å²) in [7, 11) is 0.0327. The van der Waals surface area contributed by atoms with Crippen LogP contribution in [0.2, 0.25) is 0 Å². The predicted molar refractivity (Wildman–Crippen MR) is 202 cm³/mol. The van der Waals surface area contributed by atoms with E-state index in [0.717, 1.165) is 37.7 Å². The molecule has 15 nitrogen and oxygen atoms in total. The molecule has 16 heteroatoms. The van der Waals surface area contributed by atoms with Gasteiger partial charge in [0.2, 0.25) is 23.5 Å². The van der Waals surface area contributed by atoms with Crippen LogP contribution in [0.4, 0.5) is 0 Å². The van der Waals surface area contributed by atoms with Gasteiger partial charge < -0.3 is 34.3 Å². The molecule has 6 atom stereocenters. The Hall–Kier alpha value is -4.99. The van der Waals surface area contributed by atoms with E-state index in [1.807, 2.05) is 45.1 Å². The number of hydrogen-bond acceptors (Lipinski definition) is 11. The van der Waals surface area contributed by atoms with E-state index in [9.17, 15) is 23.4 Å². The number of carbonyl (C=O) groups excluding carboxylic acids is 4. The largest absolute Gasteiger partial charge is 0.496 e. The normalized spacial score (nSPS) is 26.2. The number of rotatable bonds is 10. The lowest BCUT2D eigenvalue weighted by molar-refractivity contribution is -0.141. The zero-order valence-electron chi connectivity index (χ0n) is 31.5. The van der Waals surface area contributed by atoms with Gasteiger partial charge in [0.25, 0.3) is 11.8 Å². The monoisotopic (exact) mass is 776 g/mol. The number of amides is 4. The highest BCUT2D eigenvalue weighted by Crippen LogP contribution is 2.46. The highest BCUT2D eigenvalue weighted by atomic mass is 32.2. The number of fused-ring (bicyclic) bond motifs is 3. The predicted octanol–water partition coefficient (Wildman–Crippen LogP) is 3.81. The van der Waals surface area contributed by atoms with Crippen molar-refractivity contribution in [2.75, 3.05) is 13.7 Å². The van der Waals surface area contributed by atoms with Gasteiger partial charge in [0.15, 0.2) is 0 Å². The molecule has 3 N–H and O–H groups in total. The fourth-order valence-electron chi connectivity index (χ4n) is 7.43. The Kier molecular flexibility index (Phi) is 11.1. The molecule has 3 fully saturated rings. The van der Waals surface area contributed by atoms with Crippen molar-refractivity contribution in [2.45, 2.75) is 114 Å². The lowest BCUT2D eigenvalue weighted by Crippen LogP contribution is -2.58. The van der Waals surface area contributed by atoms with Crippen LogP contribution in [0.3, 0.4) is 0 Å². The first-order valence-corrected chi connectivity index (χ1v) is 20.2. The fraction of sp³-hybridized carbons (Fsp3) is 0.538. The molecule has 0 spiro atoms. The second kappa shape index (κ2) is 16.0. The number of carbonyl (C=O) groups is 4. The van der Waals surface area contributed by atoms with E-state index >= 15 is 0 Å². The quantitative estimate of drug-likeness (QED) is 0.254. The van der Waals surface area contributed by atoms with Crippen LogP contribution in [0, 0.1) is 12.8 Å². The van der Waals surface area contributed by atoms with Crippen molar-refractivity contribution in [3.05, 3.63) is 53.9 Å². The van der Waals surface area contributed by atoms with Gasteiger partial charge in [-0.2, -0.15) is 0 Å². The molecule has 55 heavy (non-hydrogen) atoms.